The molecule has 114 valence electrons. The third-order valence-electron chi connectivity index (χ3n) is 4.29. The summed E-state index contributed by atoms with van der Waals surface area (Å²) in [4.78, 5) is 27.6. The first-order chi connectivity index (χ1) is 9.69. The number of hydrogen-bond donors (Lipinski definition) is 2. The molecule has 2 aliphatic heterocycles. The molecule has 6 nitrogen and oxygen atoms in total. The van der Waals surface area contributed by atoms with E-state index in [4.69, 9.17) is 0 Å². The molecule has 0 radical (unpaired) electrons. The molecule has 2 rings (SSSR count). The molecule has 0 aromatic carbocycles. The maximum atomic E-state index is 12.3. The lowest BCUT2D eigenvalue weighted by molar-refractivity contribution is -0.134. The van der Waals surface area contributed by atoms with E-state index in [1.54, 1.807) is 7.05 Å². The molecule has 0 atom stereocenters. The summed E-state index contributed by atoms with van der Waals surface area (Å²) in [5.74, 6) is 0.878. The number of piperidine rings is 1. The zero-order valence-electron chi connectivity index (χ0n) is 12.4. The van der Waals surface area contributed by atoms with Crippen LogP contribution in [0.5, 0.6) is 0 Å². The molecule has 20 heavy (non-hydrogen) atoms. The van der Waals surface area contributed by atoms with Gasteiger partial charge in [-0.15, -0.1) is 0 Å². The van der Waals surface area contributed by atoms with Crippen LogP contribution >= 0.6 is 0 Å². The average Bonchev–Trinajstić information content (AvgIpc) is 2.49. The third-order valence-corrected chi connectivity index (χ3v) is 4.29. The Morgan fingerprint density at radius 2 is 1.80 bits per heavy atom. The molecule has 0 aromatic rings. The van der Waals surface area contributed by atoms with Crippen LogP contribution in [0.4, 0.5) is 0 Å². The second kappa shape index (κ2) is 7.59. The smallest absolute Gasteiger partial charge is 0.233 e. The van der Waals surface area contributed by atoms with Crippen LogP contribution in [0.3, 0.4) is 0 Å². The van der Waals surface area contributed by atoms with E-state index in [2.05, 4.69) is 15.5 Å². The topological polar surface area (TPSA) is 64.7 Å². The second-order valence-electron chi connectivity index (χ2n) is 5.73. The number of hydrogen-bond acceptors (Lipinski definition) is 4. The zero-order valence-corrected chi connectivity index (χ0v) is 12.4. The molecule has 0 aliphatic carbocycles. The molecular formula is C14H26N4O2. The summed E-state index contributed by atoms with van der Waals surface area (Å²) < 4.78 is 0. The molecule has 2 amide bonds. The zero-order chi connectivity index (χ0) is 14.4. The van der Waals surface area contributed by atoms with Gasteiger partial charge in [-0.25, -0.2) is 0 Å². The van der Waals surface area contributed by atoms with Gasteiger partial charge in [-0.05, 0) is 31.8 Å². The first kappa shape index (κ1) is 15.3. The van der Waals surface area contributed by atoms with Crippen LogP contribution in [0.25, 0.3) is 0 Å². The van der Waals surface area contributed by atoms with Gasteiger partial charge < -0.3 is 15.5 Å². The Bertz CT molecular complexity index is 334. The van der Waals surface area contributed by atoms with Crippen LogP contribution in [-0.4, -0.2) is 74.5 Å². The number of carbonyl (C=O) groups excluding carboxylic acids is 2. The number of rotatable bonds is 4. The lowest BCUT2D eigenvalue weighted by atomic mass is 9.94. The summed E-state index contributed by atoms with van der Waals surface area (Å²) in [6, 6.07) is 0. The van der Waals surface area contributed by atoms with Gasteiger partial charge in [-0.2, -0.15) is 0 Å². The maximum Gasteiger partial charge on any atom is 0.233 e. The Hall–Kier alpha value is -1.14. The van der Waals surface area contributed by atoms with Gasteiger partial charge in [0.15, 0.2) is 0 Å². The van der Waals surface area contributed by atoms with Crippen LogP contribution < -0.4 is 10.6 Å². The van der Waals surface area contributed by atoms with Gasteiger partial charge in [0.1, 0.15) is 0 Å². The van der Waals surface area contributed by atoms with Crippen molar-refractivity contribution in [2.75, 3.05) is 52.9 Å². The Morgan fingerprint density at radius 3 is 2.40 bits per heavy atom. The number of nitrogens with one attached hydrogen (secondary N) is 2. The fraction of sp³-hybridized carbons (Fsp3) is 0.857. The monoisotopic (exact) mass is 282 g/mol. The van der Waals surface area contributed by atoms with E-state index in [1.165, 1.54) is 0 Å². The van der Waals surface area contributed by atoms with Crippen LogP contribution in [0, 0.1) is 5.92 Å². The Morgan fingerprint density at radius 1 is 1.15 bits per heavy atom. The molecule has 2 heterocycles. The van der Waals surface area contributed by atoms with Gasteiger partial charge in [-0.3, -0.25) is 14.5 Å². The van der Waals surface area contributed by atoms with E-state index in [-0.39, 0.29) is 11.8 Å². The maximum absolute atomic E-state index is 12.3. The summed E-state index contributed by atoms with van der Waals surface area (Å²) in [5, 5.41) is 5.96. The van der Waals surface area contributed by atoms with Gasteiger partial charge in [0.25, 0.3) is 0 Å². The van der Waals surface area contributed by atoms with Gasteiger partial charge in [-0.1, -0.05) is 0 Å². The largest absolute Gasteiger partial charge is 0.358 e. The number of nitrogens with zero attached hydrogens (tertiary/aromatic N) is 2. The number of piperazine rings is 1. The van der Waals surface area contributed by atoms with Crippen molar-refractivity contribution >= 4 is 11.8 Å². The fourth-order valence-corrected chi connectivity index (χ4v) is 2.90. The molecule has 0 unspecified atom stereocenters. The van der Waals surface area contributed by atoms with Gasteiger partial charge in [0.05, 0.1) is 6.54 Å². The minimum atomic E-state index is 0.0412. The van der Waals surface area contributed by atoms with Crippen molar-refractivity contribution in [1.29, 1.82) is 0 Å². The average molecular weight is 282 g/mol. The van der Waals surface area contributed by atoms with Crippen LogP contribution in [-0.2, 0) is 9.59 Å². The van der Waals surface area contributed by atoms with E-state index < -0.39 is 0 Å². The molecule has 0 spiro atoms. The van der Waals surface area contributed by atoms with Crippen molar-refractivity contribution in [2.24, 2.45) is 5.92 Å². The third kappa shape index (κ3) is 4.45. The predicted molar refractivity (Wildman–Crippen MR) is 77.3 cm³/mol. The van der Waals surface area contributed by atoms with Crippen molar-refractivity contribution in [3.8, 4) is 0 Å². The summed E-state index contributed by atoms with van der Waals surface area (Å²) in [6.07, 6.45) is 2.92. The predicted octanol–water partition coefficient (Wildman–Crippen LogP) is -0.734. The van der Waals surface area contributed by atoms with E-state index in [0.29, 0.717) is 18.9 Å². The number of amides is 2. The minimum absolute atomic E-state index is 0.0412. The Balaban J connectivity index is 1.69. The van der Waals surface area contributed by atoms with Crippen molar-refractivity contribution in [3.05, 3.63) is 0 Å². The van der Waals surface area contributed by atoms with E-state index >= 15 is 0 Å². The Kier molecular flexibility index (Phi) is 5.79. The molecule has 2 aliphatic rings. The number of likely N-dealkylation sites (N-methyl/N-ethyl adjacent to an activating group) is 1. The van der Waals surface area contributed by atoms with Crippen molar-refractivity contribution in [1.82, 2.24) is 20.4 Å². The normalized spacial score (nSPS) is 21.8. The molecule has 2 N–H and O–H groups in total. The van der Waals surface area contributed by atoms with E-state index in [9.17, 15) is 9.59 Å². The first-order valence-corrected chi connectivity index (χ1v) is 7.60. The summed E-state index contributed by atoms with van der Waals surface area (Å²) in [6.45, 7) is 5.61. The van der Waals surface area contributed by atoms with Crippen LogP contribution in [0.2, 0.25) is 0 Å². The molecule has 0 bridgehead atoms. The van der Waals surface area contributed by atoms with Crippen molar-refractivity contribution in [3.63, 3.8) is 0 Å². The minimum Gasteiger partial charge on any atom is -0.358 e. The highest BCUT2D eigenvalue weighted by Crippen LogP contribution is 2.17. The van der Waals surface area contributed by atoms with Crippen LogP contribution in [0.15, 0.2) is 0 Å². The molecule has 2 saturated heterocycles. The van der Waals surface area contributed by atoms with Crippen LogP contribution in [0.1, 0.15) is 19.3 Å². The second-order valence-corrected chi connectivity index (χ2v) is 5.73. The SMILES string of the molecule is CNC(=O)CN1CCN(C(=O)CC2CCNCC2)CC1. The Labute approximate surface area is 120 Å². The molecule has 0 aromatic heterocycles. The number of carbonyl (C=O) groups is 2. The lowest BCUT2D eigenvalue weighted by Crippen LogP contribution is -2.51. The standard InChI is InChI=1S/C14H26N4O2/c1-15-13(19)11-17-6-8-18(9-7-17)14(20)10-12-2-4-16-5-3-12/h12,16H,2-11H2,1H3,(H,15,19). The van der Waals surface area contributed by atoms with Gasteiger partial charge in [0, 0.05) is 39.6 Å². The van der Waals surface area contributed by atoms with Crippen molar-refractivity contribution < 1.29 is 9.59 Å². The van der Waals surface area contributed by atoms with Crippen molar-refractivity contribution in [2.45, 2.75) is 19.3 Å². The summed E-state index contributed by atoms with van der Waals surface area (Å²) in [5.41, 5.74) is 0. The highest BCUT2D eigenvalue weighted by atomic mass is 16.2. The highest BCUT2D eigenvalue weighted by molar-refractivity contribution is 5.78. The molecule has 6 heteroatoms. The van der Waals surface area contributed by atoms with E-state index in [1.807, 2.05) is 4.90 Å². The van der Waals surface area contributed by atoms with Gasteiger partial charge in [0.2, 0.25) is 11.8 Å². The molecule has 0 saturated carbocycles. The van der Waals surface area contributed by atoms with E-state index in [0.717, 1.165) is 52.1 Å². The quantitative estimate of drug-likeness (QED) is 0.713. The lowest BCUT2D eigenvalue weighted by Gasteiger charge is -2.35. The molecule has 2 fully saturated rings. The molecular weight excluding hydrogens is 256 g/mol. The summed E-state index contributed by atoms with van der Waals surface area (Å²) in [7, 11) is 1.65. The first-order valence-electron chi connectivity index (χ1n) is 7.60. The fourth-order valence-electron chi connectivity index (χ4n) is 2.90. The highest BCUT2D eigenvalue weighted by Gasteiger charge is 2.24. The summed E-state index contributed by atoms with van der Waals surface area (Å²) >= 11 is 0. The van der Waals surface area contributed by atoms with Gasteiger partial charge >= 0.3 is 0 Å².